The third-order valence-electron chi connectivity index (χ3n) is 11.8. The van der Waals surface area contributed by atoms with E-state index in [1.807, 2.05) is 0 Å². The lowest BCUT2D eigenvalue weighted by atomic mass is 9.67. The van der Waals surface area contributed by atoms with Crippen LogP contribution in [0.1, 0.15) is 121 Å². The minimum Gasteiger partial charge on any atom is -0.507 e. The molecule has 0 saturated carbocycles. The number of phenols is 2. The molecule has 0 unspecified atom stereocenters. The Morgan fingerprint density at radius 2 is 1.48 bits per heavy atom. The molecule has 0 radical (unpaired) electrons. The predicted molar refractivity (Wildman–Crippen MR) is 190 cm³/mol. The van der Waals surface area contributed by atoms with E-state index in [-0.39, 0.29) is 64.8 Å². The van der Waals surface area contributed by atoms with E-state index in [9.17, 15) is 44.7 Å². The summed E-state index contributed by atoms with van der Waals surface area (Å²) in [6, 6.07) is 5.32. The van der Waals surface area contributed by atoms with Gasteiger partial charge in [0.25, 0.3) is 0 Å². The fourth-order valence-electron chi connectivity index (χ4n) is 8.77. The molecule has 2 aromatic rings. The van der Waals surface area contributed by atoms with Gasteiger partial charge in [-0.15, -0.1) is 0 Å². The second-order valence-corrected chi connectivity index (χ2v) is 15.3. The number of aromatic hydroxyl groups is 2. The molecule has 7 rings (SSSR count). The number of methoxy groups -OCH3 is 1. The molecule has 2 aliphatic carbocycles. The Kier molecular flexibility index (Phi) is 11.2. The predicted octanol–water partition coefficient (Wildman–Crippen LogP) is 2.59. The molecular formula is C40H48O16. The number of ether oxygens (including phenoxy) is 7. The Hall–Kier alpha value is -3.84. The molecule has 0 aromatic heterocycles. The van der Waals surface area contributed by atoms with Crippen molar-refractivity contribution in [2.24, 2.45) is 0 Å². The van der Waals surface area contributed by atoms with Crippen LogP contribution in [0.3, 0.4) is 0 Å². The summed E-state index contributed by atoms with van der Waals surface area (Å²) in [6.07, 6.45) is -9.63. The highest BCUT2D eigenvalue weighted by atomic mass is 16.7. The molecule has 3 heterocycles. The van der Waals surface area contributed by atoms with Crippen molar-refractivity contribution in [2.75, 3.05) is 7.11 Å². The zero-order valence-electron chi connectivity index (χ0n) is 31.7. The summed E-state index contributed by atoms with van der Waals surface area (Å²) in [5, 5.41) is 56.7. The second kappa shape index (κ2) is 15.5. The van der Waals surface area contributed by atoms with E-state index in [4.69, 9.17) is 33.2 Å². The van der Waals surface area contributed by atoms with Crippen molar-refractivity contribution in [3.05, 3.63) is 57.6 Å². The Morgan fingerprint density at radius 1 is 0.857 bits per heavy atom. The van der Waals surface area contributed by atoms with E-state index in [1.165, 1.54) is 24.3 Å². The molecular weight excluding hydrogens is 736 g/mol. The van der Waals surface area contributed by atoms with Crippen molar-refractivity contribution in [1.82, 2.24) is 0 Å². The van der Waals surface area contributed by atoms with Gasteiger partial charge in [-0.25, -0.2) is 0 Å². The quantitative estimate of drug-likeness (QED) is 0.207. The minimum atomic E-state index is -1.80. The Morgan fingerprint density at radius 3 is 2.07 bits per heavy atom. The highest BCUT2D eigenvalue weighted by Crippen LogP contribution is 2.54. The van der Waals surface area contributed by atoms with Crippen LogP contribution in [0.5, 0.6) is 11.5 Å². The number of aliphatic hydroxyl groups excluding tert-OH is 2. The number of carbonyl (C=O) groups is 4. The number of fused-ring (bicyclic) bond motifs is 3. The molecule has 56 heavy (non-hydrogen) atoms. The molecule has 16 nitrogen and oxygen atoms in total. The topological polar surface area (TPSA) is 234 Å². The highest BCUT2D eigenvalue weighted by Gasteiger charge is 2.53. The highest BCUT2D eigenvalue weighted by molar-refractivity contribution is 6.30. The fourth-order valence-corrected chi connectivity index (χ4v) is 8.77. The number of hydrogen-bond acceptors (Lipinski definition) is 16. The summed E-state index contributed by atoms with van der Waals surface area (Å²) in [5.41, 5.74) is -2.79. The Bertz CT molecular complexity index is 1870. The monoisotopic (exact) mass is 784 g/mol. The van der Waals surface area contributed by atoms with Crippen molar-refractivity contribution in [3.8, 4) is 11.5 Å². The van der Waals surface area contributed by atoms with Gasteiger partial charge in [0.2, 0.25) is 5.78 Å². The number of phenolic OH excluding ortho intramolecular Hbond substituents is 2. The van der Waals surface area contributed by atoms with Crippen LogP contribution in [0.15, 0.2) is 24.3 Å². The van der Waals surface area contributed by atoms with E-state index < -0.39 is 108 Å². The number of carbonyl (C=O) groups excluding carboxylic acids is 4. The molecule has 0 bridgehead atoms. The first-order valence-corrected chi connectivity index (χ1v) is 19.0. The molecule has 3 fully saturated rings. The third-order valence-corrected chi connectivity index (χ3v) is 11.8. The van der Waals surface area contributed by atoms with Crippen LogP contribution in [0.25, 0.3) is 0 Å². The number of aliphatic hydroxyl groups is 3. The number of rotatable bonds is 8. The molecule has 3 saturated heterocycles. The van der Waals surface area contributed by atoms with E-state index in [1.54, 1.807) is 27.7 Å². The molecule has 5 aliphatic rings. The average Bonchev–Trinajstić information content (AvgIpc) is 3.14. The van der Waals surface area contributed by atoms with Gasteiger partial charge >= 0.3 is 5.97 Å². The van der Waals surface area contributed by atoms with Crippen molar-refractivity contribution < 1.29 is 77.9 Å². The van der Waals surface area contributed by atoms with Gasteiger partial charge in [0.05, 0.1) is 54.4 Å². The van der Waals surface area contributed by atoms with Crippen molar-refractivity contribution >= 4 is 23.3 Å². The maximum absolute atomic E-state index is 13.8. The Balaban J connectivity index is 1.10. The summed E-state index contributed by atoms with van der Waals surface area (Å²) < 4.78 is 41.4. The first-order chi connectivity index (χ1) is 26.6. The van der Waals surface area contributed by atoms with E-state index in [0.717, 1.165) is 7.11 Å². The molecule has 3 aliphatic heterocycles. The molecule has 0 amide bonds. The number of Topliss-reactive ketones (excluding diaryl/α,β-unsaturated/α-hetero) is 1. The van der Waals surface area contributed by atoms with Gasteiger partial charge in [0.15, 0.2) is 30.4 Å². The van der Waals surface area contributed by atoms with Crippen LogP contribution in [-0.4, -0.2) is 123 Å². The van der Waals surface area contributed by atoms with Crippen LogP contribution < -0.4 is 0 Å². The van der Waals surface area contributed by atoms with Crippen molar-refractivity contribution in [1.29, 1.82) is 0 Å². The lowest BCUT2D eigenvalue weighted by Crippen LogP contribution is -2.55. The van der Waals surface area contributed by atoms with Gasteiger partial charge in [-0.05, 0) is 44.9 Å². The van der Waals surface area contributed by atoms with Crippen molar-refractivity contribution in [2.45, 2.75) is 145 Å². The third kappa shape index (κ3) is 7.05. The van der Waals surface area contributed by atoms with Crippen LogP contribution in [-0.2, 0) is 42.7 Å². The van der Waals surface area contributed by atoms with Crippen LogP contribution >= 0.6 is 0 Å². The first-order valence-electron chi connectivity index (χ1n) is 19.0. The van der Waals surface area contributed by atoms with Gasteiger partial charge in [-0.1, -0.05) is 19.1 Å². The molecule has 16 heteroatoms. The summed E-state index contributed by atoms with van der Waals surface area (Å²) in [4.78, 5) is 52.7. The SMILES string of the molecule is CC[C@@]1(O)C[C@H](O[C@H]2C[C@H](O)[C@H](O[C@H]3C[C@H](O)[C@H](O[C@H]4CCC(=O)[C@H](C)O4)[C@H](C)O3)[C@H](C)O2)c2c(cc3c(c2O)C(=O)c2c(O)cccc2C3=O)[C@H]1C(=O)OC. The van der Waals surface area contributed by atoms with Gasteiger partial charge in [-0.3, -0.25) is 19.2 Å². The molecule has 304 valence electrons. The van der Waals surface area contributed by atoms with Gasteiger partial charge in [-0.2, -0.15) is 0 Å². The number of benzene rings is 2. The van der Waals surface area contributed by atoms with Crippen molar-refractivity contribution in [3.63, 3.8) is 0 Å². The zero-order valence-corrected chi connectivity index (χ0v) is 31.7. The number of ketones is 3. The second-order valence-electron chi connectivity index (χ2n) is 15.3. The largest absolute Gasteiger partial charge is 0.507 e. The number of esters is 1. The maximum atomic E-state index is 13.8. The summed E-state index contributed by atoms with van der Waals surface area (Å²) in [7, 11) is 1.15. The smallest absolute Gasteiger partial charge is 0.316 e. The van der Waals surface area contributed by atoms with E-state index in [0.29, 0.717) is 12.8 Å². The zero-order chi connectivity index (χ0) is 40.4. The summed E-state index contributed by atoms with van der Waals surface area (Å²) in [6.45, 7) is 6.67. The van der Waals surface area contributed by atoms with Gasteiger partial charge in [0, 0.05) is 48.8 Å². The number of hydrogen-bond donors (Lipinski definition) is 5. The summed E-state index contributed by atoms with van der Waals surface area (Å²) >= 11 is 0. The standard InChI is InChI=1S/C40H48O16/c1-6-40(49)15-26(31-20(33(40)39(48)50-5)12-21-32(36(31)47)35(46)30-19(34(21)45)8-7-9-23(30)42)54-28-13-24(43)38(18(4)52-28)56-29-14-25(44)37(17(3)53-29)55-27-11-10-22(41)16(2)51-27/h7-9,12,16-18,24-29,33,37-38,42-44,47,49H,6,10-11,13-15H2,1-5H3/t16-,17-,18-,24-,25-,26-,27-,28-,29-,33-,37+,38+,40+/m0/s1. The van der Waals surface area contributed by atoms with Gasteiger partial charge < -0.3 is 58.7 Å². The lowest BCUT2D eigenvalue weighted by Gasteiger charge is -2.46. The van der Waals surface area contributed by atoms with E-state index in [2.05, 4.69) is 0 Å². The average molecular weight is 785 g/mol. The normalized spacial score (nSPS) is 37.0. The maximum Gasteiger partial charge on any atom is 0.316 e. The van der Waals surface area contributed by atoms with Crippen LogP contribution in [0, 0.1) is 0 Å². The van der Waals surface area contributed by atoms with Crippen LogP contribution in [0.4, 0.5) is 0 Å². The van der Waals surface area contributed by atoms with Gasteiger partial charge in [0.1, 0.15) is 35.7 Å². The minimum absolute atomic E-state index is 0.00890. The van der Waals surface area contributed by atoms with E-state index >= 15 is 0 Å². The fraction of sp³-hybridized carbons (Fsp3) is 0.600. The molecule has 13 atom stereocenters. The molecule has 0 spiro atoms. The molecule has 2 aromatic carbocycles. The summed E-state index contributed by atoms with van der Waals surface area (Å²) in [5.74, 6) is -4.83. The van der Waals surface area contributed by atoms with Crippen LogP contribution in [0.2, 0.25) is 0 Å². The Labute approximate surface area is 322 Å². The first kappa shape index (κ1) is 40.4. The lowest BCUT2D eigenvalue weighted by molar-refractivity contribution is -0.330. The molecule has 5 N–H and O–H groups in total.